The molecule has 2 nitrogen and oxygen atoms in total. The maximum absolute atomic E-state index is 3.21. The quantitative estimate of drug-likeness (QED) is 0.384. The molecule has 2 aromatic rings. The highest BCUT2D eigenvalue weighted by atomic mass is 15.4. The number of para-hydroxylation sites is 1. The van der Waals surface area contributed by atoms with E-state index in [1.165, 1.54) is 5.52 Å². The zero-order valence-corrected chi connectivity index (χ0v) is 6.70. The molecule has 0 aliphatic carbocycles. The Morgan fingerprint density at radius 2 is 2.09 bits per heavy atom. The van der Waals surface area contributed by atoms with Gasteiger partial charge in [-0.2, -0.15) is 10.7 Å². The van der Waals surface area contributed by atoms with Gasteiger partial charge in [-0.1, -0.05) is 17.5 Å². The van der Waals surface area contributed by atoms with Gasteiger partial charge in [0.25, 0.3) is 0 Å². The number of nitrogens with zero attached hydrogens (tertiary/aromatic N) is 2. The van der Waals surface area contributed by atoms with Crippen LogP contribution in [0, 0.1) is 6.20 Å². The minimum atomic E-state index is 1.16. The van der Waals surface area contributed by atoms with Crippen LogP contribution in [0.15, 0.2) is 24.3 Å². The molecule has 11 heavy (non-hydrogen) atoms. The van der Waals surface area contributed by atoms with Crippen molar-refractivity contribution in [2.24, 2.45) is 14.1 Å². The van der Waals surface area contributed by atoms with Gasteiger partial charge in [-0.3, -0.25) is 0 Å². The Hall–Kier alpha value is -1.31. The van der Waals surface area contributed by atoms with Crippen molar-refractivity contribution in [1.29, 1.82) is 0 Å². The molecule has 0 atom stereocenters. The number of aryl methyl sites for hydroxylation is 2. The standard InChI is InChI=1S/C9H10N2/c1-10-7-8-5-3-4-6-9(8)11(10)2/h3-6H,1-2H3. The third kappa shape index (κ3) is 0.827. The van der Waals surface area contributed by atoms with Gasteiger partial charge in [0, 0.05) is 5.52 Å². The number of hydrogen-bond donors (Lipinski definition) is 0. The molecule has 0 saturated heterocycles. The van der Waals surface area contributed by atoms with E-state index in [2.05, 4.69) is 23.0 Å². The molecule has 0 bridgehead atoms. The summed E-state index contributed by atoms with van der Waals surface area (Å²) < 4.78 is 4.01. The molecule has 0 N–H and O–H groups in total. The molecule has 2 heteroatoms. The summed E-state index contributed by atoms with van der Waals surface area (Å²) >= 11 is 0. The molecule has 0 saturated carbocycles. The summed E-state index contributed by atoms with van der Waals surface area (Å²) in [7, 11) is 4.01. The Balaban J connectivity index is 2.92. The van der Waals surface area contributed by atoms with E-state index >= 15 is 0 Å². The molecular weight excluding hydrogens is 136 g/mol. The van der Waals surface area contributed by atoms with E-state index in [0.29, 0.717) is 0 Å². The number of fused-ring (bicyclic) bond motifs is 1. The van der Waals surface area contributed by atoms with Crippen molar-refractivity contribution in [3.05, 3.63) is 30.5 Å². The van der Waals surface area contributed by atoms with Gasteiger partial charge >= 0.3 is 0 Å². The van der Waals surface area contributed by atoms with Crippen LogP contribution in [0.25, 0.3) is 10.9 Å². The van der Waals surface area contributed by atoms with Crippen molar-refractivity contribution in [2.45, 2.75) is 0 Å². The second kappa shape index (κ2) is 2.09. The van der Waals surface area contributed by atoms with Gasteiger partial charge in [0.2, 0.25) is 0 Å². The average Bonchev–Trinajstić information content (AvgIpc) is 2.30. The van der Waals surface area contributed by atoms with E-state index in [1.807, 2.05) is 30.9 Å². The van der Waals surface area contributed by atoms with Gasteiger partial charge < -0.3 is 0 Å². The molecule has 56 valence electrons. The van der Waals surface area contributed by atoms with E-state index in [9.17, 15) is 0 Å². The summed E-state index contributed by atoms with van der Waals surface area (Å²) in [5, 5.41) is 1.16. The van der Waals surface area contributed by atoms with Crippen molar-refractivity contribution in [3.8, 4) is 0 Å². The van der Waals surface area contributed by atoms with Gasteiger partial charge in [-0.25, -0.2) is 4.68 Å². The van der Waals surface area contributed by atoms with Crippen LogP contribution in [0.3, 0.4) is 0 Å². The number of hydrogen-bond acceptors (Lipinski definition) is 0. The summed E-state index contributed by atoms with van der Waals surface area (Å²) in [4.78, 5) is 0. The van der Waals surface area contributed by atoms with Crippen molar-refractivity contribution in [1.82, 2.24) is 4.68 Å². The van der Waals surface area contributed by atoms with Gasteiger partial charge in [-0.15, -0.1) is 6.07 Å². The Bertz CT molecular complexity index is 387. The van der Waals surface area contributed by atoms with Crippen LogP contribution in [-0.2, 0) is 14.1 Å². The lowest BCUT2D eigenvalue weighted by molar-refractivity contribution is -0.752. The fourth-order valence-corrected chi connectivity index (χ4v) is 1.26. The molecule has 0 aliphatic rings. The van der Waals surface area contributed by atoms with Crippen molar-refractivity contribution in [3.63, 3.8) is 0 Å². The lowest BCUT2D eigenvalue weighted by Crippen LogP contribution is -2.36. The average molecular weight is 146 g/mol. The smallest absolute Gasteiger partial charge is 0.148 e. The highest BCUT2D eigenvalue weighted by Gasteiger charge is 1.96. The summed E-state index contributed by atoms with van der Waals surface area (Å²) in [6.45, 7) is 0. The monoisotopic (exact) mass is 146 g/mol. The predicted octanol–water partition coefficient (Wildman–Crippen LogP) is 0.803. The largest absolute Gasteiger partial charge is 0.220 e. The Morgan fingerprint density at radius 3 is 2.82 bits per heavy atom. The SMILES string of the molecule is Cn1c2ccccc2[c-][n+]1C. The van der Waals surface area contributed by atoms with Crippen LogP contribution in [-0.4, -0.2) is 4.68 Å². The molecule has 0 unspecified atom stereocenters. The summed E-state index contributed by atoms with van der Waals surface area (Å²) in [5.74, 6) is 0. The second-order valence-electron chi connectivity index (χ2n) is 2.68. The first-order valence-corrected chi connectivity index (χ1v) is 3.62. The number of aromatic nitrogens is 2. The van der Waals surface area contributed by atoms with Gasteiger partial charge in [-0.05, 0) is 0 Å². The van der Waals surface area contributed by atoms with Crippen LogP contribution < -0.4 is 4.68 Å². The second-order valence-corrected chi connectivity index (χ2v) is 2.68. The van der Waals surface area contributed by atoms with Gasteiger partial charge in [0.1, 0.15) is 13.2 Å². The fraction of sp³-hybridized carbons (Fsp3) is 0.222. The first-order valence-electron chi connectivity index (χ1n) is 3.62. The third-order valence-corrected chi connectivity index (χ3v) is 1.98. The maximum atomic E-state index is 3.21. The Morgan fingerprint density at radius 1 is 1.36 bits per heavy atom. The molecule has 0 radical (unpaired) electrons. The van der Waals surface area contributed by atoms with Crippen molar-refractivity contribution >= 4 is 10.9 Å². The first-order chi connectivity index (χ1) is 5.29. The normalized spacial score (nSPS) is 10.7. The Kier molecular flexibility index (Phi) is 1.22. The van der Waals surface area contributed by atoms with E-state index < -0.39 is 0 Å². The van der Waals surface area contributed by atoms with Crippen LogP contribution >= 0.6 is 0 Å². The lowest BCUT2D eigenvalue weighted by atomic mass is 10.3. The molecule has 0 fully saturated rings. The summed E-state index contributed by atoms with van der Waals surface area (Å²) in [6.07, 6.45) is 3.21. The minimum absolute atomic E-state index is 1.16. The van der Waals surface area contributed by atoms with Gasteiger partial charge in [0.15, 0.2) is 0 Å². The van der Waals surface area contributed by atoms with E-state index in [4.69, 9.17) is 0 Å². The highest BCUT2D eigenvalue weighted by Crippen LogP contribution is 2.08. The molecule has 1 aromatic carbocycles. The zero-order valence-electron chi connectivity index (χ0n) is 6.70. The summed E-state index contributed by atoms with van der Waals surface area (Å²) in [6, 6.07) is 8.22. The predicted molar refractivity (Wildman–Crippen MR) is 42.9 cm³/mol. The zero-order chi connectivity index (χ0) is 7.84. The molecule has 0 aliphatic heterocycles. The van der Waals surface area contributed by atoms with Gasteiger partial charge in [0.05, 0.1) is 7.05 Å². The maximum Gasteiger partial charge on any atom is 0.148 e. The highest BCUT2D eigenvalue weighted by molar-refractivity contribution is 5.76. The van der Waals surface area contributed by atoms with Crippen LogP contribution in [0.2, 0.25) is 0 Å². The summed E-state index contributed by atoms with van der Waals surface area (Å²) in [5.41, 5.74) is 1.22. The third-order valence-electron chi connectivity index (χ3n) is 1.98. The topological polar surface area (TPSA) is 8.81 Å². The van der Waals surface area contributed by atoms with Crippen molar-refractivity contribution < 1.29 is 4.68 Å². The van der Waals surface area contributed by atoms with E-state index in [-0.39, 0.29) is 0 Å². The van der Waals surface area contributed by atoms with E-state index in [0.717, 1.165) is 5.39 Å². The molecule has 2 rings (SSSR count). The minimum Gasteiger partial charge on any atom is -0.220 e. The molecular formula is C9H10N2. The fourth-order valence-electron chi connectivity index (χ4n) is 1.26. The van der Waals surface area contributed by atoms with E-state index in [1.54, 1.807) is 0 Å². The van der Waals surface area contributed by atoms with Crippen LogP contribution in [0.5, 0.6) is 0 Å². The lowest BCUT2D eigenvalue weighted by Gasteiger charge is -1.96. The van der Waals surface area contributed by atoms with Crippen molar-refractivity contribution in [2.75, 3.05) is 0 Å². The number of benzene rings is 1. The number of rotatable bonds is 0. The molecule has 0 amide bonds. The molecule has 1 aromatic heterocycles. The van der Waals surface area contributed by atoms with Crippen LogP contribution in [0.4, 0.5) is 0 Å². The molecule has 0 spiro atoms. The Labute approximate surface area is 65.7 Å². The first kappa shape index (κ1) is 6.40. The molecule has 1 heterocycles. The van der Waals surface area contributed by atoms with Crippen LogP contribution in [0.1, 0.15) is 0 Å².